The first-order valence-electron chi connectivity index (χ1n) is 11.7. The number of benzene rings is 1. The predicted molar refractivity (Wildman–Crippen MR) is 127 cm³/mol. The van der Waals surface area contributed by atoms with Crippen molar-refractivity contribution in [3.63, 3.8) is 0 Å². The zero-order chi connectivity index (χ0) is 22.9. The number of piperidine rings is 1. The van der Waals surface area contributed by atoms with Gasteiger partial charge in [0.15, 0.2) is 5.65 Å². The van der Waals surface area contributed by atoms with Gasteiger partial charge < -0.3 is 9.47 Å². The van der Waals surface area contributed by atoms with Crippen LogP contribution in [0.25, 0.3) is 21.9 Å². The smallest absolute Gasteiger partial charge is 0.272 e. The van der Waals surface area contributed by atoms with Crippen molar-refractivity contribution in [1.29, 1.82) is 0 Å². The number of hydrogen-bond acceptors (Lipinski definition) is 5. The van der Waals surface area contributed by atoms with E-state index in [2.05, 4.69) is 26.7 Å². The molecular weight excluding hydrogens is 416 g/mol. The van der Waals surface area contributed by atoms with Gasteiger partial charge in [0.05, 0.1) is 17.0 Å². The van der Waals surface area contributed by atoms with Gasteiger partial charge >= 0.3 is 0 Å². The highest BCUT2D eigenvalue weighted by Gasteiger charge is 2.30. The fourth-order valence-electron chi connectivity index (χ4n) is 4.96. The molecule has 0 spiro atoms. The van der Waals surface area contributed by atoms with Crippen LogP contribution >= 0.6 is 0 Å². The van der Waals surface area contributed by atoms with E-state index >= 15 is 0 Å². The summed E-state index contributed by atoms with van der Waals surface area (Å²) < 4.78 is 2.29. The van der Waals surface area contributed by atoms with Gasteiger partial charge in [0.2, 0.25) is 5.91 Å². The molecule has 170 valence electrons. The number of rotatable bonds is 5. The number of fused-ring (bicyclic) bond motifs is 2. The summed E-state index contributed by atoms with van der Waals surface area (Å²) in [7, 11) is 0. The van der Waals surface area contributed by atoms with Crippen molar-refractivity contribution >= 4 is 27.8 Å². The number of imidazole rings is 1. The maximum atomic E-state index is 13.4. The molecule has 3 aromatic heterocycles. The lowest BCUT2D eigenvalue weighted by atomic mass is 9.97. The molecule has 1 fully saturated rings. The Bertz CT molecular complexity index is 1370. The van der Waals surface area contributed by atoms with Gasteiger partial charge in [-0.25, -0.2) is 15.1 Å². The maximum Gasteiger partial charge on any atom is 0.272 e. The number of carbonyl (C=O) groups is 1. The zero-order valence-electron chi connectivity index (χ0n) is 19.0. The average Bonchev–Trinajstić information content (AvgIpc) is 3.22. The molecule has 33 heavy (non-hydrogen) atoms. The molecule has 1 aromatic carbocycles. The molecule has 8 heteroatoms. The van der Waals surface area contributed by atoms with Gasteiger partial charge in [0.1, 0.15) is 11.3 Å². The minimum absolute atomic E-state index is 0.0422. The second-order valence-corrected chi connectivity index (χ2v) is 8.76. The lowest BCUT2D eigenvalue weighted by Crippen LogP contribution is -2.41. The van der Waals surface area contributed by atoms with Crippen molar-refractivity contribution < 1.29 is 4.79 Å². The first-order chi connectivity index (χ1) is 16.1. The van der Waals surface area contributed by atoms with Crippen molar-refractivity contribution in [2.45, 2.75) is 51.5 Å². The van der Waals surface area contributed by atoms with E-state index in [0.717, 1.165) is 48.1 Å². The Hall–Kier alpha value is -3.55. The number of aromatic nitrogens is 5. The van der Waals surface area contributed by atoms with Gasteiger partial charge in [-0.1, -0.05) is 25.1 Å². The molecule has 1 unspecified atom stereocenters. The molecule has 4 heterocycles. The number of nitrogens with one attached hydrogen (secondary N) is 1. The van der Waals surface area contributed by atoms with Gasteiger partial charge in [-0.2, -0.15) is 5.10 Å². The van der Waals surface area contributed by atoms with Crippen LogP contribution in [0.2, 0.25) is 0 Å². The topological polar surface area (TPSA) is 96.8 Å². The van der Waals surface area contributed by atoms with E-state index in [-0.39, 0.29) is 17.5 Å². The van der Waals surface area contributed by atoms with Gasteiger partial charge in [-0.15, -0.1) is 0 Å². The highest BCUT2D eigenvalue weighted by molar-refractivity contribution is 5.91. The van der Waals surface area contributed by atoms with E-state index in [4.69, 9.17) is 4.98 Å². The molecular formula is C25H28N6O2. The number of hydrogen-bond donors (Lipinski definition) is 1. The number of carbonyl (C=O) groups excluding carboxylic acids is 1. The van der Waals surface area contributed by atoms with E-state index in [0.29, 0.717) is 24.2 Å². The Morgan fingerprint density at radius 1 is 1.15 bits per heavy atom. The Labute approximate surface area is 191 Å². The zero-order valence-corrected chi connectivity index (χ0v) is 19.0. The Morgan fingerprint density at radius 2 is 1.91 bits per heavy atom. The number of pyridine rings is 1. The molecule has 1 amide bonds. The summed E-state index contributed by atoms with van der Waals surface area (Å²) in [4.78, 5) is 36.8. The summed E-state index contributed by atoms with van der Waals surface area (Å²) in [5, 5.41) is 8.08. The molecule has 1 aliphatic heterocycles. The van der Waals surface area contributed by atoms with Gasteiger partial charge in [0.25, 0.3) is 5.56 Å². The van der Waals surface area contributed by atoms with E-state index in [1.54, 1.807) is 6.07 Å². The number of aryl methyl sites for hydroxylation is 1. The van der Waals surface area contributed by atoms with Gasteiger partial charge in [-0.3, -0.25) is 9.59 Å². The normalized spacial score (nSPS) is 15.9. The number of H-pyrrole nitrogens is 1. The fraction of sp³-hybridized carbons (Fsp3) is 0.400. The minimum Gasteiger partial charge on any atom is -0.342 e. The lowest BCUT2D eigenvalue weighted by molar-refractivity contribution is -0.133. The van der Waals surface area contributed by atoms with Crippen molar-refractivity contribution in [3.8, 4) is 0 Å². The van der Waals surface area contributed by atoms with Gasteiger partial charge in [-0.05, 0) is 44.4 Å². The third-order valence-corrected chi connectivity index (χ3v) is 6.64. The molecule has 1 atom stereocenters. The summed E-state index contributed by atoms with van der Waals surface area (Å²) >= 11 is 0. The van der Waals surface area contributed by atoms with Crippen LogP contribution in [0.4, 0.5) is 0 Å². The molecule has 0 saturated carbocycles. The molecule has 0 bridgehead atoms. The highest BCUT2D eigenvalue weighted by atomic mass is 16.2. The van der Waals surface area contributed by atoms with E-state index in [9.17, 15) is 9.59 Å². The van der Waals surface area contributed by atoms with Crippen LogP contribution in [0.15, 0.2) is 47.4 Å². The Morgan fingerprint density at radius 3 is 2.67 bits per heavy atom. The molecule has 8 nitrogen and oxygen atoms in total. The lowest BCUT2D eigenvalue weighted by Gasteiger charge is -2.34. The van der Waals surface area contributed by atoms with Crippen molar-refractivity contribution in [2.24, 2.45) is 0 Å². The standard InChI is InChI=1S/C25H28N6O2/c1-3-7-21-27-20-10-6-13-26-23(20)31(21)17-11-14-30(15-12-17)25(33)16(2)22-18-8-4-5-9-19(18)24(32)29-28-22/h4-6,8-10,13,16-17H,3,7,11-12,14-15H2,1-2H3,(H,29,32). The van der Waals surface area contributed by atoms with Crippen LogP contribution < -0.4 is 5.56 Å². The van der Waals surface area contributed by atoms with Gasteiger partial charge in [0, 0.05) is 37.1 Å². The monoisotopic (exact) mass is 444 g/mol. The third-order valence-electron chi connectivity index (χ3n) is 6.64. The second-order valence-electron chi connectivity index (χ2n) is 8.76. The van der Waals surface area contributed by atoms with E-state index in [1.807, 2.05) is 48.4 Å². The van der Waals surface area contributed by atoms with Crippen molar-refractivity contribution in [2.75, 3.05) is 13.1 Å². The number of likely N-dealkylation sites (tertiary alicyclic amines) is 1. The third kappa shape index (κ3) is 3.79. The molecule has 4 aromatic rings. The van der Waals surface area contributed by atoms with Crippen molar-refractivity contribution in [1.82, 2.24) is 29.6 Å². The quantitative estimate of drug-likeness (QED) is 0.507. The number of amides is 1. The number of aromatic amines is 1. The summed E-state index contributed by atoms with van der Waals surface area (Å²) in [5.74, 6) is 0.684. The van der Waals surface area contributed by atoms with E-state index in [1.165, 1.54) is 0 Å². The fourth-order valence-corrected chi connectivity index (χ4v) is 4.96. The van der Waals surface area contributed by atoms with Crippen LogP contribution in [0, 0.1) is 0 Å². The van der Waals surface area contributed by atoms with Crippen molar-refractivity contribution in [3.05, 3.63) is 64.5 Å². The minimum atomic E-state index is -0.435. The molecule has 1 aliphatic rings. The van der Waals surface area contributed by atoms with Crippen LogP contribution in [-0.2, 0) is 11.2 Å². The Kier molecular flexibility index (Phi) is 5.66. The summed E-state index contributed by atoms with van der Waals surface area (Å²) in [6.07, 6.45) is 5.47. The summed E-state index contributed by atoms with van der Waals surface area (Å²) in [6.45, 7) is 5.38. The van der Waals surface area contributed by atoms with Crippen LogP contribution in [0.5, 0.6) is 0 Å². The summed E-state index contributed by atoms with van der Waals surface area (Å²) in [6, 6.07) is 11.5. The maximum absolute atomic E-state index is 13.4. The van der Waals surface area contributed by atoms with Crippen LogP contribution in [0.1, 0.15) is 56.6 Å². The first-order valence-corrected chi connectivity index (χ1v) is 11.7. The number of nitrogens with zero attached hydrogens (tertiary/aromatic N) is 5. The highest BCUT2D eigenvalue weighted by Crippen LogP contribution is 2.30. The Balaban J connectivity index is 1.36. The molecule has 5 rings (SSSR count). The van der Waals surface area contributed by atoms with Crippen LogP contribution in [-0.4, -0.2) is 48.6 Å². The summed E-state index contributed by atoms with van der Waals surface area (Å²) in [5.41, 5.74) is 2.25. The van der Waals surface area contributed by atoms with E-state index < -0.39 is 5.92 Å². The molecule has 1 N–H and O–H groups in total. The molecule has 0 radical (unpaired) electrons. The predicted octanol–water partition coefficient (Wildman–Crippen LogP) is 3.59. The second kappa shape index (κ2) is 8.77. The average molecular weight is 445 g/mol. The first kappa shape index (κ1) is 21.3. The molecule has 0 aliphatic carbocycles. The SMILES string of the molecule is CCCc1nc2cccnc2n1C1CCN(C(=O)C(C)c2n[nH]c(=O)c3ccccc23)CC1. The molecule has 1 saturated heterocycles. The largest absolute Gasteiger partial charge is 0.342 e. The van der Waals surface area contributed by atoms with Crippen LogP contribution in [0.3, 0.4) is 0 Å².